The molecular weight excluding hydrogens is 350 g/mol. The van der Waals surface area contributed by atoms with Crippen LogP contribution in [-0.2, 0) is 9.53 Å². The Balaban J connectivity index is 0.00000136. The van der Waals surface area contributed by atoms with Crippen LogP contribution in [-0.4, -0.2) is 37.2 Å². The van der Waals surface area contributed by atoms with E-state index in [1.54, 1.807) is 4.90 Å². The molecule has 2 aromatic rings. The first-order valence-electron chi connectivity index (χ1n) is 9.84. The predicted octanol–water partition coefficient (Wildman–Crippen LogP) is 4.72. The van der Waals surface area contributed by atoms with E-state index < -0.39 is 0 Å². The fourth-order valence-corrected chi connectivity index (χ4v) is 3.15. The molecule has 0 unspecified atom stereocenters. The van der Waals surface area contributed by atoms with Gasteiger partial charge in [0.25, 0.3) is 5.91 Å². The molecule has 1 fully saturated rings. The van der Waals surface area contributed by atoms with E-state index in [9.17, 15) is 4.79 Å². The smallest absolute Gasteiger partial charge is 0.256 e. The van der Waals surface area contributed by atoms with Crippen molar-refractivity contribution < 1.29 is 9.53 Å². The Bertz CT molecular complexity index is 809. The van der Waals surface area contributed by atoms with Crippen molar-refractivity contribution in [2.24, 2.45) is 0 Å². The lowest BCUT2D eigenvalue weighted by atomic mass is 10.0. The minimum absolute atomic E-state index is 0.192. The number of amides is 1. The van der Waals surface area contributed by atoms with Crippen LogP contribution in [0.1, 0.15) is 30.5 Å². The third-order valence-electron chi connectivity index (χ3n) is 4.79. The van der Waals surface area contributed by atoms with Crippen molar-refractivity contribution in [3.8, 4) is 0 Å². The molecule has 1 amide bonds. The summed E-state index contributed by atoms with van der Waals surface area (Å²) in [4.78, 5) is 21.0. The first kappa shape index (κ1) is 21.6. The lowest BCUT2D eigenvalue weighted by Gasteiger charge is -2.29. The summed E-state index contributed by atoms with van der Waals surface area (Å²) in [7, 11) is 0. The average molecular weight is 382 g/mol. The van der Waals surface area contributed by atoms with Crippen LogP contribution in [0.2, 0.25) is 0 Å². The number of carbonyl (C=O) groups excluding carboxylic acids is 1. The van der Waals surface area contributed by atoms with Gasteiger partial charge in [0.15, 0.2) is 0 Å². The Labute approximate surface area is 168 Å². The molecule has 1 saturated heterocycles. The van der Waals surface area contributed by atoms with E-state index in [1.165, 1.54) is 11.6 Å². The second-order valence-corrected chi connectivity index (χ2v) is 6.57. The van der Waals surface area contributed by atoms with E-state index in [4.69, 9.17) is 4.74 Å². The van der Waals surface area contributed by atoms with E-state index in [-0.39, 0.29) is 5.91 Å². The number of aromatic nitrogens is 1. The van der Waals surface area contributed by atoms with Crippen molar-refractivity contribution in [1.29, 1.82) is 0 Å². The molecule has 1 aromatic heterocycles. The normalized spacial score (nSPS) is 13.4. The van der Waals surface area contributed by atoms with E-state index in [0.29, 0.717) is 5.82 Å². The Morgan fingerprint density at radius 2 is 1.75 bits per heavy atom. The first-order chi connectivity index (χ1) is 13.5. The molecule has 1 aromatic carbocycles. The molecule has 0 radical (unpaired) electrons. The molecule has 2 heterocycles. The third-order valence-corrected chi connectivity index (χ3v) is 4.79. The summed E-state index contributed by atoms with van der Waals surface area (Å²) in [6.07, 6.45) is 3.15. The maximum atomic E-state index is 12.6. The van der Waals surface area contributed by atoms with Crippen LogP contribution in [0.5, 0.6) is 0 Å². The van der Waals surface area contributed by atoms with E-state index in [0.717, 1.165) is 48.8 Å². The summed E-state index contributed by atoms with van der Waals surface area (Å²) < 4.78 is 5.39. The summed E-state index contributed by atoms with van der Waals surface area (Å²) in [6, 6.07) is 8.02. The molecule has 0 N–H and O–H groups in total. The maximum absolute atomic E-state index is 12.6. The maximum Gasteiger partial charge on any atom is 0.256 e. The zero-order valence-electron chi connectivity index (χ0n) is 17.7. The minimum atomic E-state index is -0.192. The number of aryl methyl sites for hydroxylation is 3. The van der Waals surface area contributed by atoms with Crippen LogP contribution in [0.4, 0.5) is 17.2 Å². The van der Waals surface area contributed by atoms with E-state index >= 15 is 0 Å². The van der Waals surface area contributed by atoms with Gasteiger partial charge in [-0.1, -0.05) is 26.5 Å². The van der Waals surface area contributed by atoms with Crippen molar-refractivity contribution in [1.82, 2.24) is 4.98 Å². The number of morpholine rings is 1. The van der Waals surface area contributed by atoms with Gasteiger partial charge in [-0.05, 0) is 61.7 Å². The number of anilines is 3. The molecule has 0 bridgehead atoms. The number of carbonyl (C=O) groups is 1. The number of nitrogens with zero attached hydrogens (tertiary/aromatic N) is 3. The number of hydrogen-bond donors (Lipinski definition) is 0. The quantitative estimate of drug-likeness (QED) is 0.719. The molecular formula is C23H31N3O2. The van der Waals surface area contributed by atoms with Crippen molar-refractivity contribution in [2.75, 3.05) is 36.1 Å². The van der Waals surface area contributed by atoms with E-state index in [2.05, 4.69) is 29.5 Å². The second kappa shape index (κ2) is 10.0. The fourth-order valence-electron chi connectivity index (χ4n) is 3.15. The molecule has 1 aliphatic rings. The monoisotopic (exact) mass is 381 g/mol. The zero-order chi connectivity index (χ0) is 20.7. The summed E-state index contributed by atoms with van der Waals surface area (Å²) >= 11 is 0. The fraction of sp³-hybridized carbons (Fsp3) is 0.391. The van der Waals surface area contributed by atoms with E-state index in [1.807, 2.05) is 52.1 Å². The molecule has 5 nitrogen and oxygen atoms in total. The molecule has 0 atom stereocenters. The van der Waals surface area contributed by atoms with Gasteiger partial charge in [-0.15, -0.1) is 0 Å². The second-order valence-electron chi connectivity index (χ2n) is 6.57. The molecule has 0 aliphatic carbocycles. The van der Waals surface area contributed by atoms with Gasteiger partial charge >= 0.3 is 0 Å². The number of rotatable bonds is 4. The summed E-state index contributed by atoms with van der Waals surface area (Å²) in [5.41, 5.74) is 5.25. The largest absolute Gasteiger partial charge is 0.378 e. The van der Waals surface area contributed by atoms with Gasteiger partial charge < -0.3 is 9.64 Å². The first-order valence-corrected chi connectivity index (χ1v) is 9.84. The van der Waals surface area contributed by atoms with Crippen molar-refractivity contribution in [3.63, 3.8) is 0 Å². The summed E-state index contributed by atoms with van der Waals surface area (Å²) in [5.74, 6) is 0.404. The number of ether oxygens (including phenoxy) is 1. The highest BCUT2D eigenvalue weighted by atomic mass is 16.5. The van der Waals surface area contributed by atoms with Crippen molar-refractivity contribution in [3.05, 3.63) is 59.8 Å². The van der Waals surface area contributed by atoms with Gasteiger partial charge in [0.1, 0.15) is 5.82 Å². The Hall–Kier alpha value is -2.66. The lowest BCUT2D eigenvalue weighted by Crippen LogP contribution is -2.36. The van der Waals surface area contributed by atoms with Gasteiger partial charge in [0.05, 0.1) is 30.8 Å². The highest BCUT2D eigenvalue weighted by Crippen LogP contribution is 2.31. The van der Waals surface area contributed by atoms with Crippen molar-refractivity contribution in [2.45, 2.75) is 34.6 Å². The molecule has 0 saturated carbocycles. The molecule has 3 rings (SSSR count). The van der Waals surface area contributed by atoms with Gasteiger partial charge in [-0.25, -0.2) is 4.98 Å². The predicted molar refractivity (Wildman–Crippen MR) is 117 cm³/mol. The van der Waals surface area contributed by atoms with Crippen molar-refractivity contribution >= 4 is 23.1 Å². The summed E-state index contributed by atoms with van der Waals surface area (Å²) in [6.45, 7) is 16.9. The average Bonchev–Trinajstić information content (AvgIpc) is 2.74. The molecule has 5 heteroatoms. The number of hydrogen-bond acceptors (Lipinski definition) is 4. The van der Waals surface area contributed by atoms with Gasteiger partial charge in [-0.2, -0.15) is 0 Å². The molecule has 0 spiro atoms. The molecule has 150 valence electrons. The van der Waals surface area contributed by atoms with Crippen LogP contribution < -0.4 is 9.80 Å². The van der Waals surface area contributed by atoms with Crippen LogP contribution in [0, 0.1) is 20.8 Å². The zero-order valence-corrected chi connectivity index (χ0v) is 17.7. The molecule has 1 aliphatic heterocycles. The topological polar surface area (TPSA) is 45.7 Å². The van der Waals surface area contributed by atoms with Gasteiger partial charge in [-0.3, -0.25) is 9.69 Å². The van der Waals surface area contributed by atoms with Crippen LogP contribution in [0.3, 0.4) is 0 Å². The minimum Gasteiger partial charge on any atom is -0.378 e. The highest BCUT2D eigenvalue weighted by Gasteiger charge is 2.20. The summed E-state index contributed by atoms with van der Waals surface area (Å²) in [5, 5.41) is 0. The third kappa shape index (κ3) is 4.78. The SMILES string of the molecule is C=CC(=O)N(c1ccc(N2CCOCC2)cn1)c1cc(C)c(C)cc1C.CC. The Morgan fingerprint density at radius 3 is 2.32 bits per heavy atom. The van der Waals surface area contributed by atoms with Crippen LogP contribution >= 0.6 is 0 Å². The lowest BCUT2D eigenvalue weighted by molar-refractivity contribution is -0.113. The van der Waals surface area contributed by atoms with Crippen LogP contribution in [0.15, 0.2) is 43.1 Å². The van der Waals surface area contributed by atoms with Gasteiger partial charge in [0.2, 0.25) is 0 Å². The standard InChI is InChI=1S/C21H25N3O2.C2H6/c1-5-21(25)24(19-13-16(3)15(2)12-17(19)4)20-7-6-18(14-22-20)23-8-10-26-11-9-23;1-2/h5-7,12-14H,1,8-11H2,2-4H3;1-2H3. The number of pyridine rings is 1. The van der Waals surface area contributed by atoms with Crippen LogP contribution in [0.25, 0.3) is 0 Å². The Morgan fingerprint density at radius 1 is 1.11 bits per heavy atom. The molecule has 28 heavy (non-hydrogen) atoms. The Kier molecular flexibility index (Phi) is 7.76. The van der Waals surface area contributed by atoms with Gasteiger partial charge in [0, 0.05) is 13.1 Å². The number of benzene rings is 1. The highest BCUT2D eigenvalue weighted by molar-refractivity contribution is 6.06.